The second kappa shape index (κ2) is 5.59. The molecule has 0 radical (unpaired) electrons. The highest BCUT2D eigenvalue weighted by Crippen LogP contribution is 2.10. The molecule has 2 rings (SSSR count). The van der Waals surface area contributed by atoms with Crippen LogP contribution in [0, 0.1) is 0 Å². The van der Waals surface area contributed by atoms with E-state index in [0.717, 1.165) is 6.41 Å². The Morgan fingerprint density at radius 2 is 2.18 bits per heavy atom. The number of hydrogen-bond donors (Lipinski definition) is 2. The van der Waals surface area contributed by atoms with E-state index >= 15 is 0 Å². The molecule has 0 spiro atoms. The number of carboxylic acids is 1. The number of carbonyl (C=O) groups excluding carboxylic acids is 1. The second-order valence-electron chi connectivity index (χ2n) is 3.38. The summed E-state index contributed by atoms with van der Waals surface area (Å²) in [4.78, 5) is 31.6. The molecule has 90 valence electrons. The predicted octanol–water partition coefficient (Wildman–Crippen LogP) is 0.360. The molecule has 0 saturated carbocycles. The van der Waals surface area contributed by atoms with Crippen molar-refractivity contribution < 1.29 is 14.7 Å². The number of nitrogens with one attached hydrogen (secondary N) is 1. The maximum Gasteiger partial charge on any atom is 0.352 e. The normalized spacial score (nSPS) is 9.29. The molecule has 2 aromatic rings. The van der Waals surface area contributed by atoms with Crippen molar-refractivity contribution in [2.24, 2.45) is 0 Å². The molecule has 0 bridgehead atoms. The Morgan fingerprint density at radius 1 is 1.53 bits per heavy atom. The van der Waals surface area contributed by atoms with E-state index in [1.807, 2.05) is 0 Å². The quantitative estimate of drug-likeness (QED) is 0.733. The fourth-order valence-electron chi connectivity index (χ4n) is 0.985. The largest absolute Gasteiger partial charge is 0.477 e. The number of H-pyrrole nitrogens is 1. The monoisotopic (exact) mass is 236 g/mol. The van der Waals surface area contributed by atoms with E-state index in [2.05, 4.69) is 15.0 Å². The summed E-state index contributed by atoms with van der Waals surface area (Å²) >= 11 is 0. The molecular weight excluding hydrogens is 224 g/mol. The Hall–Kier alpha value is -2.44. The van der Waals surface area contributed by atoms with Crippen LogP contribution in [0.1, 0.15) is 10.5 Å². The summed E-state index contributed by atoms with van der Waals surface area (Å²) < 4.78 is 0. The Labute approximate surface area is 97.1 Å². The minimum atomic E-state index is -0.993. The van der Waals surface area contributed by atoms with Gasteiger partial charge in [-0.2, -0.15) is 0 Å². The van der Waals surface area contributed by atoms with Crippen LogP contribution in [0.5, 0.6) is 0 Å². The number of fused-ring (bicyclic) bond motifs is 1. The molecule has 0 aliphatic heterocycles. The van der Waals surface area contributed by atoms with Gasteiger partial charge in [0.15, 0.2) is 0 Å². The molecule has 7 nitrogen and oxygen atoms in total. The molecule has 7 heteroatoms. The van der Waals surface area contributed by atoms with Crippen LogP contribution in [0.2, 0.25) is 0 Å². The van der Waals surface area contributed by atoms with Crippen LogP contribution >= 0.6 is 0 Å². The van der Waals surface area contributed by atoms with Crippen molar-refractivity contribution in [3.63, 3.8) is 0 Å². The molecule has 0 aromatic carbocycles. The van der Waals surface area contributed by atoms with Crippen LogP contribution in [0.25, 0.3) is 11.0 Å². The van der Waals surface area contributed by atoms with Gasteiger partial charge in [0.1, 0.15) is 17.7 Å². The molecule has 2 aromatic heterocycles. The lowest BCUT2D eigenvalue weighted by molar-refractivity contribution is -0.115. The lowest BCUT2D eigenvalue weighted by Gasteiger charge is -1.93. The number of amides is 1. The third-order valence-electron chi connectivity index (χ3n) is 1.73. The highest BCUT2D eigenvalue weighted by molar-refractivity contribution is 5.92. The van der Waals surface area contributed by atoms with Crippen molar-refractivity contribution in [1.29, 1.82) is 0 Å². The lowest BCUT2D eigenvalue weighted by Crippen LogP contribution is -2.06. The van der Waals surface area contributed by atoms with Crippen molar-refractivity contribution in [3.8, 4) is 0 Å². The van der Waals surface area contributed by atoms with Gasteiger partial charge in [0, 0.05) is 25.7 Å². The highest BCUT2D eigenvalue weighted by atomic mass is 16.4. The Balaban J connectivity index is 0.000000249. The second-order valence-corrected chi connectivity index (χ2v) is 3.38. The zero-order chi connectivity index (χ0) is 12.8. The summed E-state index contributed by atoms with van der Waals surface area (Å²) in [5.41, 5.74) is 0.674. The third kappa shape index (κ3) is 3.56. The van der Waals surface area contributed by atoms with Gasteiger partial charge in [-0.15, -0.1) is 0 Å². The first-order chi connectivity index (χ1) is 8.04. The molecule has 0 aliphatic carbocycles. The van der Waals surface area contributed by atoms with Crippen LogP contribution in [0.4, 0.5) is 0 Å². The summed E-state index contributed by atoms with van der Waals surface area (Å²) in [6.07, 6.45) is 3.68. The van der Waals surface area contributed by atoms with Gasteiger partial charge in [-0.25, -0.2) is 14.8 Å². The number of hydrogen-bond acceptors (Lipinski definition) is 4. The molecule has 2 heterocycles. The third-order valence-corrected chi connectivity index (χ3v) is 1.73. The first kappa shape index (κ1) is 12.6. The molecule has 0 aliphatic rings. The molecule has 0 saturated heterocycles. The topological polar surface area (TPSA) is 99.2 Å². The summed E-state index contributed by atoms with van der Waals surface area (Å²) in [5.74, 6) is -0.993. The number of aromatic nitrogens is 3. The van der Waals surface area contributed by atoms with Crippen molar-refractivity contribution >= 4 is 23.4 Å². The first-order valence-electron chi connectivity index (χ1n) is 4.68. The zero-order valence-corrected chi connectivity index (χ0v) is 9.41. The van der Waals surface area contributed by atoms with Crippen molar-refractivity contribution in [1.82, 2.24) is 19.9 Å². The molecule has 17 heavy (non-hydrogen) atoms. The van der Waals surface area contributed by atoms with Crippen LogP contribution in [-0.2, 0) is 4.79 Å². The van der Waals surface area contributed by atoms with E-state index in [1.165, 1.54) is 17.3 Å². The number of nitrogens with zero attached hydrogens (tertiary/aromatic N) is 3. The van der Waals surface area contributed by atoms with Gasteiger partial charge >= 0.3 is 5.97 Å². The van der Waals surface area contributed by atoms with Gasteiger partial charge in [0.05, 0.1) is 0 Å². The van der Waals surface area contributed by atoms with Crippen molar-refractivity contribution in [2.45, 2.75) is 0 Å². The molecule has 0 unspecified atom stereocenters. The Bertz CT molecular complexity index is 488. The zero-order valence-electron chi connectivity index (χ0n) is 9.41. The summed E-state index contributed by atoms with van der Waals surface area (Å²) in [6.45, 7) is 0. The number of carboxylic acid groups (broad SMARTS) is 1. The van der Waals surface area contributed by atoms with Gasteiger partial charge in [-0.05, 0) is 6.07 Å². The van der Waals surface area contributed by atoms with Gasteiger partial charge in [-0.1, -0.05) is 0 Å². The first-order valence-corrected chi connectivity index (χ1v) is 4.68. The number of aromatic amines is 1. The summed E-state index contributed by atoms with van der Waals surface area (Å²) in [6, 6.07) is 1.50. The number of rotatable bonds is 2. The van der Waals surface area contributed by atoms with Gasteiger partial charge < -0.3 is 15.0 Å². The lowest BCUT2D eigenvalue weighted by atomic mass is 10.4. The van der Waals surface area contributed by atoms with Gasteiger partial charge in [-0.3, -0.25) is 4.79 Å². The van der Waals surface area contributed by atoms with E-state index in [-0.39, 0.29) is 5.69 Å². The van der Waals surface area contributed by atoms with Crippen LogP contribution in [0.3, 0.4) is 0 Å². The minimum Gasteiger partial charge on any atom is -0.477 e. The van der Waals surface area contributed by atoms with Gasteiger partial charge in [0.25, 0.3) is 0 Å². The van der Waals surface area contributed by atoms with E-state index in [1.54, 1.807) is 20.3 Å². The Kier molecular flexibility index (Phi) is 4.15. The SMILES string of the molecule is CN(C)C=O.O=C(O)c1cc2cncnc2[nH]1. The van der Waals surface area contributed by atoms with E-state index in [9.17, 15) is 9.59 Å². The van der Waals surface area contributed by atoms with Gasteiger partial charge in [0.2, 0.25) is 6.41 Å². The van der Waals surface area contributed by atoms with Crippen LogP contribution < -0.4 is 0 Å². The standard InChI is InChI=1S/C7H5N3O2.C3H7NO/c11-7(12)5-1-4-2-8-3-9-6(4)10-5;1-4(2)3-5/h1-3H,(H,11,12)(H,8,9,10);3H,1-2H3. The molecule has 0 fully saturated rings. The summed E-state index contributed by atoms with van der Waals surface area (Å²) in [5, 5.41) is 9.31. The molecule has 0 atom stereocenters. The number of aromatic carboxylic acids is 1. The maximum atomic E-state index is 10.5. The molecular formula is C10H12N4O3. The minimum absolute atomic E-state index is 0.130. The predicted molar refractivity (Wildman–Crippen MR) is 60.6 cm³/mol. The van der Waals surface area contributed by atoms with Crippen molar-refractivity contribution in [3.05, 3.63) is 24.3 Å². The average molecular weight is 236 g/mol. The maximum absolute atomic E-state index is 10.5. The number of carbonyl (C=O) groups is 2. The Morgan fingerprint density at radius 3 is 2.65 bits per heavy atom. The molecule has 1 amide bonds. The smallest absolute Gasteiger partial charge is 0.352 e. The van der Waals surface area contributed by atoms with E-state index in [0.29, 0.717) is 11.0 Å². The van der Waals surface area contributed by atoms with Crippen molar-refractivity contribution in [2.75, 3.05) is 14.1 Å². The van der Waals surface area contributed by atoms with Crippen LogP contribution in [-0.4, -0.2) is 51.4 Å². The molecule has 2 N–H and O–H groups in total. The fourth-order valence-corrected chi connectivity index (χ4v) is 0.985. The van der Waals surface area contributed by atoms with Crippen LogP contribution in [0.15, 0.2) is 18.6 Å². The highest BCUT2D eigenvalue weighted by Gasteiger charge is 2.06. The average Bonchev–Trinajstić information content (AvgIpc) is 2.73. The summed E-state index contributed by atoms with van der Waals surface area (Å²) in [7, 11) is 3.38. The van der Waals surface area contributed by atoms with E-state index < -0.39 is 5.97 Å². The van der Waals surface area contributed by atoms with E-state index in [4.69, 9.17) is 5.11 Å². The fraction of sp³-hybridized carbons (Fsp3) is 0.200.